The van der Waals surface area contributed by atoms with Gasteiger partial charge >= 0.3 is 0 Å². The first-order valence-electron chi connectivity index (χ1n) is 7.98. The zero-order chi connectivity index (χ0) is 17.6. The first kappa shape index (κ1) is 18.5. The Hall–Kier alpha value is -1.87. The maximum Gasteiger partial charge on any atom is 0.246 e. The fourth-order valence-electron chi connectivity index (χ4n) is 2.45. The summed E-state index contributed by atoms with van der Waals surface area (Å²) in [4.78, 5) is -1.47. The summed E-state index contributed by atoms with van der Waals surface area (Å²) in [6.45, 7) is 3.68. The van der Waals surface area contributed by atoms with E-state index in [1.165, 1.54) is 0 Å². The first-order chi connectivity index (χ1) is 11.4. The minimum Gasteiger partial charge on any atom is -0.341 e. The third-order valence-corrected chi connectivity index (χ3v) is 6.10. The van der Waals surface area contributed by atoms with Crippen LogP contribution in [-0.4, -0.2) is 26.0 Å². The van der Waals surface area contributed by atoms with Crippen LogP contribution in [-0.2, 0) is 14.8 Å². The molecule has 0 bridgehead atoms. The number of terminal acetylenes is 1. The molecule has 1 N–H and O–H groups in total. The number of allylic oxidation sites excluding steroid dienone is 2. The lowest BCUT2D eigenvalue weighted by Crippen LogP contribution is -2.50. The van der Waals surface area contributed by atoms with E-state index in [1.54, 1.807) is 12.2 Å². The highest BCUT2D eigenvalue weighted by molar-refractivity contribution is 7.90. The van der Waals surface area contributed by atoms with Crippen LogP contribution >= 0.6 is 0 Å². The van der Waals surface area contributed by atoms with Gasteiger partial charge in [-0.25, -0.2) is 13.1 Å². The molecule has 0 radical (unpaired) electrons. The van der Waals surface area contributed by atoms with Crippen molar-refractivity contribution in [2.75, 3.05) is 6.61 Å². The number of hydrogen-bond donors (Lipinski definition) is 1. The second-order valence-electron chi connectivity index (χ2n) is 5.80. The quantitative estimate of drug-likeness (QED) is 0.773. The third kappa shape index (κ3) is 3.96. The average molecular weight is 345 g/mol. The van der Waals surface area contributed by atoms with Crippen LogP contribution in [0.15, 0.2) is 48.6 Å². The molecule has 0 aromatic heterocycles. The molecule has 1 aliphatic rings. The number of rotatable bonds is 7. The van der Waals surface area contributed by atoms with Gasteiger partial charge in [-0.2, -0.15) is 0 Å². The molecule has 0 saturated carbocycles. The van der Waals surface area contributed by atoms with Crippen molar-refractivity contribution in [1.82, 2.24) is 4.72 Å². The standard InChI is InChI=1S/C19H23NO3S/c1-4-15-23-19(24(21,22)20-16(3)5-2)13-11-18(12-14-19)17-9-7-6-8-10-17/h1,6-13,16,20H,5,14-15H2,2-3H3. The third-order valence-electron chi connectivity index (χ3n) is 4.05. The van der Waals surface area contributed by atoms with Crippen molar-refractivity contribution in [3.8, 4) is 12.3 Å². The molecular weight excluding hydrogens is 322 g/mol. The van der Waals surface area contributed by atoms with E-state index in [0.29, 0.717) is 6.42 Å². The monoisotopic (exact) mass is 345 g/mol. The molecule has 0 heterocycles. The molecule has 0 saturated heterocycles. The van der Waals surface area contributed by atoms with Gasteiger partial charge in [0.2, 0.25) is 15.0 Å². The van der Waals surface area contributed by atoms with E-state index in [-0.39, 0.29) is 19.1 Å². The Morgan fingerprint density at radius 1 is 1.38 bits per heavy atom. The van der Waals surface area contributed by atoms with Crippen LogP contribution in [0.1, 0.15) is 32.3 Å². The van der Waals surface area contributed by atoms with Crippen LogP contribution in [0, 0.1) is 12.3 Å². The van der Waals surface area contributed by atoms with E-state index >= 15 is 0 Å². The van der Waals surface area contributed by atoms with E-state index in [1.807, 2.05) is 50.3 Å². The predicted molar refractivity (Wildman–Crippen MR) is 97.5 cm³/mol. The summed E-state index contributed by atoms with van der Waals surface area (Å²) in [5, 5.41) is 0. The van der Waals surface area contributed by atoms with Gasteiger partial charge < -0.3 is 4.74 Å². The molecular formula is C19H23NO3S. The second-order valence-corrected chi connectivity index (χ2v) is 7.73. The summed E-state index contributed by atoms with van der Waals surface area (Å²) in [6.07, 6.45) is 11.4. The van der Waals surface area contributed by atoms with Gasteiger partial charge in [-0.15, -0.1) is 6.42 Å². The number of hydrogen-bond acceptors (Lipinski definition) is 3. The lowest BCUT2D eigenvalue weighted by atomic mass is 9.98. The predicted octanol–water partition coefficient (Wildman–Crippen LogP) is 3.09. The smallest absolute Gasteiger partial charge is 0.246 e. The number of benzene rings is 1. The highest BCUT2D eigenvalue weighted by atomic mass is 32.2. The molecule has 4 nitrogen and oxygen atoms in total. The van der Waals surface area contributed by atoms with Crippen LogP contribution < -0.4 is 4.72 Å². The molecule has 0 spiro atoms. The maximum atomic E-state index is 12.8. The van der Waals surface area contributed by atoms with Gasteiger partial charge in [0.15, 0.2) is 0 Å². The zero-order valence-corrected chi connectivity index (χ0v) is 14.8. The number of nitrogens with one attached hydrogen (secondary N) is 1. The summed E-state index contributed by atoms with van der Waals surface area (Å²) in [6, 6.07) is 9.63. The van der Waals surface area contributed by atoms with Gasteiger partial charge in [-0.3, -0.25) is 0 Å². The van der Waals surface area contributed by atoms with Gasteiger partial charge in [-0.1, -0.05) is 55.3 Å². The lowest BCUT2D eigenvalue weighted by Gasteiger charge is -2.32. The van der Waals surface area contributed by atoms with Crippen LogP contribution in [0.3, 0.4) is 0 Å². The molecule has 2 rings (SSSR count). The Bertz CT molecular complexity index is 760. The summed E-state index contributed by atoms with van der Waals surface area (Å²) >= 11 is 0. The Balaban J connectivity index is 2.31. The summed E-state index contributed by atoms with van der Waals surface area (Å²) in [5.74, 6) is 2.35. The van der Waals surface area contributed by atoms with Gasteiger partial charge in [-0.05, 0) is 30.6 Å². The van der Waals surface area contributed by atoms with E-state index in [4.69, 9.17) is 11.2 Å². The van der Waals surface area contributed by atoms with Crippen molar-refractivity contribution >= 4 is 15.6 Å². The SMILES string of the molecule is C#CCOC1(S(=O)(=O)NC(C)CC)C=CC(c2ccccc2)=CC1. The minimum absolute atomic E-state index is 0.0692. The highest BCUT2D eigenvalue weighted by Crippen LogP contribution is 2.33. The van der Waals surface area contributed by atoms with Gasteiger partial charge in [0.25, 0.3) is 0 Å². The number of ether oxygens (including phenoxy) is 1. The second kappa shape index (κ2) is 7.80. The first-order valence-corrected chi connectivity index (χ1v) is 9.46. The Morgan fingerprint density at radius 2 is 2.08 bits per heavy atom. The molecule has 1 aromatic rings. The maximum absolute atomic E-state index is 12.8. The van der Waals surface area contributed by atoms with Crippen LogP contribution in [0.25, 0.3) is 5.57 Å². The van der Waals surface area contributed by atoms with Crippen LogP contribution in [0.5, 0.6) is 0 Å². The highest BCUT2D eigenvalue weighted by Gasteiger charge is 2.43. The molecule has 128 valence electrons. The topological polar surface area (TPSA) is 55.4 Å². The molecule has 24 heavy (non-hydrogen) atoms. The number of sulfonamides is 1. The molecule has 0 aliphatic heterocycles. The molecule has 0 amide bonds. The molecule has 1 aromatic carbocycles. The van der Waals surface area contributed by atoms with Crippen LogP contribution in [0.4, 0.5) is 0 Å². The Morgan fingerprint density at radius 3 is 2.62 bits per heavy atom. The minimum atomic E-state index is -3.73. The Labute approximate surface area is 144 Å². The van der Waals surface area contributed by atoms with E-state index in [0.717, 1.165) is 11.1 Å². The zero-order valence-electron chi connectivity index (χ0n) is 14.0. The molecule has 2 atom stereocenters. The van der Waals surface area contributed by atoms with Crippen LogP contribution in [0.2, 0.25) is 0 Å². The van der Waals surface area contributed by atoms with Crippen molar-refractivity contribution in [1.29, 1.82) is 0 Å². The lowest BCUT2D eigenvalue weighted by molar-refractivity contribution is 0.0767. The Kier molecular flexibility index (Phi) is 6.00. The van der Waals surface area contributed by atoms with E-state index < -0.39 is 15.0 Å². The average Bonchev–Trinajstić information content (AvgIpc) is 2.60. The molecule has 5 heteroatoms. The van der Waals surface area contributed by atoms with Crippen molar-refractivity contribution in [2.45, 2.75) is 37.7 Å². The summed E-state index contributed by atoms with van der Waals surface area (Å²) in [7, 11) is -3.73. The summed E-state index contributed by atoms with van der Waals surface area (Å²) in [5.41, 5.74) is 2.00. The van der Waals surface area contributed by atoms with Gasteiger partial charge in [0.1, 0.15) is 6.61 Å². The summed E-state index contributed by atoms with van der Waals surface area (Å²) < 4.78 is 34.0. The fraction of sp³-hybridized carbons (Fsp3) is 0.368. The van der Waals surface area contributed by atoms with Crippen molar-refractivity contribution in [2.24, 2.45) is 0 Å². The normalized spacial score (nSPS) is 21.8. The van der Waals surface area contributed by atoms with Crippen molar-refractivity contribution in [3.63, 3.8) is 0 Å². The fourth-order valence-corrected chi connectivity index (χ4v) is 4.11. The molecule has 2 unspecified atom stereocenters. The van der Waals surface area contributed by atoms with Gasteiger partial charge in [0.05, 0.1) is 0 Å². The van der Waals surface area contributed by atoms with E-state index in [2.05, 4.69) is 10.6 Å². The van der Waals surface area contributed by atoms with Gasteiger partial charge in [0, 0.05) is 12.5 Å². The van der Waals surface area contributed by atoms with Crippen molar-refractivity contribution in [3.05, 3.63) is 54.1 Å². The van der Waals surface area contributed by atoms with E-state index in [9.17, 15) is 8.42 Å². The molecule has 1 aliphatic carbocycles. The largest absolute Gasteiger partial charge is 0.341 e. The van der Waals surface area contributed by atoms with Crippen molar-refractivity contribution < 1.29 is 13.2 Å². The molecule has 0 fully saturated rings.